The van der Waals surface area contributed by atoms with Crippen molar-refractivity contribution in [2.75, 3.05) is 13.7 Å². The Morgan fingerprint density at radius 2 is 2.17 bits per heavy atom. The van der Waals surface area contributed by atoms with Gasteiger partial charge in [-0.15, -0.1) is 0 Å². The molecule has 2 aliphatic rings. The third-order valence-corrected chi connectivity index (χ3v) is 4.60. The first-order chi connectivity index (χ1) is 11.5. The van der Waals surface area contributed by atoms with Crippen LogP contribution in [0.4, 0.5) is 0 Å². The van der Waals surface area contributed by atoms with E-state index in [1.165, 1.54) is 0 Å². The monoisotopic (exact) mass is 331 g/mol. The summed E-state index contributed by atoms with van der Waals surface area (Å²) in [5, 5.41) is 0.828. The summed E-state index contributed by atoms with van der Waals surface area (Å²) >= 11 is 0. The molecule has 24 heavy (non-hydrogen) atoms. The van der Waals surface area contributed by atoms with Gasteiger partial charge in [-0.3, -0.25) is 0 Å². The molecule has 0 saturated carbocycles. The van der Waals surface area contributed by atoms with Crippen LogP contribution in [0.2, 0.25) is 0 Å². The zero-order chi connectivity index (χ0) is 17.1. The van der Waals surface area contributed by atoms with E-state index in [4.69, 9.17) is 18.9 Å². The minimum atomic E-state index is -0.660. The lowest BCUT2D eigenvalue weighted by Crippen LogP contribution is -2.23. The number of ether oxygens (including phenoxy) is 4. The molecule has 3 heterocycles. The topological polar surface area (TPSA) is 58.9 Å². The van der Waals surface area contributed by atoms with Crippen LogP contribution in [0.15, 0.2) is 18.2 Å². The maximum atomic E-state index is 12.7. The number of rotatable bonds is 3. The summed E-state index contributed by atoms with van der Waals surface area (Å²) in [6.45, 7) is 6.54. The number of fused-ring (bicyclic) bond motifs is 5. The molecule has 4 rings (SSSR count). The molecule has 0 spiro atoms. The van der Waals surface area contributed by atoms with Gasteiger partial charge in [0.1, 0.15) is 18.0 Å². The number of nitrogens with zero attached hydrogens (tertiary/aromatic N) is 1. The first kappa shape index (κ1) is 15.5. The van der Waals surface area contributed by atoms with Gasteiger partial charge in [-0.05, 0) is 26.8 Å². The number of hydrogen-bond acceptors (Lipinski definition) is 5. The summed E-state index contributed by atoms with van der Waals surface area (Å²) in [6, 6.07) is 5.70. The number of carbonyl (C=O) groups excluding carboxylic acids is 1. The van der Waals surface area contributed by atoms with Crippen molar-refractivity contribution in [2.45, 2.75) is 45.3 Å². The lowest BCUT2D eigenvalue weighted by Gasteiger charge is -2.19. The quantitative estimate of drug-likeness (QED) is 0.809. The van der Waals surface area contributed by atoms with Crippen LogP contribution in [-0.2, 0) is 20.8 Å². The van der Waals surface area contributed by atoms with E-state index in [1.54, 1.807) is 14.0 Å². The minimum absolute atomic E-state index is 0.113. The highest BCUT2D eigenvalue weighted by molar-refractivity contribution is 6.08. The molecular formula is C18H21NO5. The molecule has 1 fully saturated rings. The summed E-state index contributed by atoms with van der Waals surface area (Å²) in [5.41, 5.74) is 2.26. The predicted octanol–water partition coefficient (Wildman–Crippen LogP) is 3.03. The van der Waals surface area contributed by atoms with E-state index >= 15 is 0 Å². The second-order valence-corrected chi connectivity index (χ2v) is 6.54. The highest BCUT2D eigenvalue weighted by atomic mass is 16.8. The van der Waals surface area contributed by atoms with Crippen molar-refractivity contribution in [3.8, 4) is 5.75 Å². The Labute approximate surface area is 140 Å². The zero-order valence-electron chi connectivity index (χ0n) is 14.3. The Morgan fingerprint density at radius 3 is 2.88 bits per heavy atom. The maximum Gasteiger partial charge on any atom is 0.340 e. The smallest absolute Gasteiger partial charge is 0.340 e. The fourth-order valence-electron chi connectivity index (χ4n) is 3.84. The van der Waals surface area contributed by atoms with Crippen LogP contribution >= 0.6 is 0 Å². The fourth-order valence-corrected chi connectivity index (χ4v) is 3.84. The number of methoxy groups -OCH3 is 1. The number of aromatic nitrogens is 1. The van der Waals surface area contributed by atoms with Crippen molar-refractivity contribution in [3.05, 3.63) is 29.5 Å². The average molecular weight is 331 g/mol. The summed E-state index contributed by atoms with van der Waals surface area (Å²) in [6.07, 6.45) is -0.394. The summed E-state index contributed by atoms with van der Waals surface area (Å²) in [7, 11) is 1.63. The second kappa shape index (κ2) is 5.22. The lowest BCUT2D eigenvalue weighted by molar-refractivity contribution is -0.151. The molecule has 1 saturated heterocycles. The van der Waals surface area contributed by atoms with Crippen LogP contribution in [0, 0.1) is 0 Å². The molecule has 0 unspecified atom stereocenters. The molecule has 0 N–H and O–H groups in total. The molecule has 0 bridgehead atoms. The number of hydrogen-bond donors (Lipinski definition) is 0. The summed E-state index contributed by atoms with van der Waals surface area (Å²) in [5.74, 6) is -0.269. The largest absolute Gasteiger partial charge is 0.495 e. The van der Waals surface area contributed by atoms with Gasteiger partial charge in [0.25, 0.3) is 0 Å². The van der Waals surface area contributed by atoms with Crippen molar-refractivity contribution >= 4 is 16.9 Å². The number of para-hydroxylation sites is 1. The molecule has 0 amide bonds. The average Bonchev–Trinajstić information content (AvgIpc) is 3.11. The maximum absolute atomic E-state index is 12.7. The Balaban J connectivity index is 1.97. The molecule has 1 aromatic heterocycles. The Kier molecular flexibility index (Phi) is 3.37. The predicted molar refractivity (Wildman–Crippen MR) is 87.2 cm³/mol. The van der Waals surface area contributed by atoms with E-state index in [-0.39, 0.29) is 18.2 Å². The van der Waals surface area contributed by atoms with Crippen LogP contribution in [0.1, 0.15) is 42.9 Å². The van der Waals surface area contributed by atoms with Crippen molar-refractivity contribution < 1.29 is 23.7 Å². The zero-order valence-corrected chi connectivity index (χ0v) is 14.3. The van der Waals surface area contributed by atoms with E-state index in [2.05, 4.69) is 4.57 Å². The van der Waals surface area contributed by atoms with E-state index in [1.807, 2.05) is 32.0 Å². The minimum Gasteiger partial charge on any atom is -0.495 e. The Bertz CT molecular complexity index is 822. The molecular weight excluding hydrogens is 310 g/mol. The Hall–Kier alpha value is -2.05. The van der Waals surface area contributed by atoms with Crippen LogP contribution < -0.4 is 4.74 Å². The lowest BCUT2D eigenvalue weighted by atomic mass is 10.1. The first-order valence-electron chi connectivity index (χ1n) is 8.18. The van der Waals surface area contributed by atoms with Gasteiger partial charge in [-0.2, -0.15) is 0 Å². The molecule has 2 atom stereocenters. The summed E-state index contributed by atoms with van der Waals surface area (Å²) in [4.78, 5) is 12.7. The Morgan fingerprint density at radius 1 is 1.38 bits per heavy atom. The van der Waals surface area contributed by atoms with Gasteiger partial charge in [0, 0.05) is 5.39 Å². The molecule has 0 aliphatic carbocycles. The normalized spacial score (nSPS) is 24.0. The van der Waals surface area contributed by atoms with E-state index in [0.29, 0.717) is 18.7 Å². The van der Waals surface area contributed by atoms with Crippen LogP contribution in [0.25, 0.3) is 10.9 Å². The van der Waals surface area contributed by atoms with E-state index < -0.39 is 5.79 Å². The molecule has 2 aromatic rings. The molecule has 128 valence electrons. The molecule has 2 aliphatic heterocycles. The van der Waals surface area contributed by atoms with Gasteiger partial charge in [-0.1, -0.05) is 12.1 Å². The third kappa shape index (κ3) is 2.06. The third-order valence-electron chi connectivity index (χ3n) is 4.60. The molecule has 0 radical (unpaired) electrons. The van der Waals surface area contributed by atoms with Crippen molar-refractivity contribution in [2.24, 2.45) is 0 Å². The number of esters is 1. The van der Waals surface area contributed by atoms with E-state index in [0.717, 1.165) is 22.3 Å². The van der Waals surface area contributed by atoms with Crippen molar-refractivity contribution in [1.82, 2.24) is 4.57 Å². The highest BCUT2D eigenvalue weighted by Crippen LogP contribution is 2.49. The van der Waals surface area contributed by atoms with Crippen LogP contribution in [-0.4, -0.2) is 36.1 Å². The van der Waals surface area contributed by atoms with Crippen LogP contribution in [0.5, 0.6) is 5.75 Å². The molecule has 6 heteroatoms. The summed E-state index contributed by atoms with van der Waals surface area (Å²) < 4.78 is 25.0. The molecule has 1 aromatic carbocycles. The van der Waals surface area contributed by atoms with Gasteiger partial charge in [0.2, 0.25) is 0 Å². The first-order valence-corrected chi connectivity index (χ1v) is 8.18. The second-order valence-electron chi connectivity index (χ2n) is 6.54. The van der Waals surface area contributed by atoms with Gasteiger partial charge >= 0.3 is 5.97 Å². The highest BCUT2D eigenvalue weighted by Gasteiger charge is 2.50. The van der Waals surface area contributed by atoms with Gasteiger partial charge in [0.05, 0.1) is 37.0 Å². The van der Waals surface area contributed by atoms with Crippen LogP contribution in [0.3, 0.4) is 0 Å². The van der Waals surface area contributed by atoms with Gasteiger partial charge in [0.15, 0.2) is 5.79 Å². The van der Waals surface area contributed by atoms with E-state index in [9.17, 15) is 4.79 Å². The fraction of sp³-hybridized carbons (Fsp3) is 0.500. The SMILES string of the molecule is CCOC(=O)c1c2n(c3c(OC)cccc13)C[C@H]1OC(C)(C)O[C@@H]21. The van der Waals surface area contributed by atoms with Crippen molar-refractivity contribution in [3.63, 3.8) is 0 Å². The standard InChI is InChI=1S/C18H21NO5/c1-5-22-17(20)13-10-7-6-8-11(21-4)14(10)19-9-12-16(15(13)19)24-18(2,3)23-12/h6-8,12,16H,5,9H2,1-4H3/t12-,16-/m1/s1. The van der Waals surface area contributed by atoms with Gasteiger partial charge in [-0.25, -0.2) is 4.79 Å². The number of carbonyl (C=O) groups is 1. The van der Waals surface area contributed by atoms with Gasteiger partial charge < -0.3 is 23.5 Å². The van der Waals surface area contributed by atoms with Crippen molar-refractivity contribution in [1.29, 1.82) is 0 Å². The number of benzene rings is 1. The molecule has 6 nitrogen and oxygen atoms in total.